The number of nitrogens with zero attached hydrogens (tertiary/aromatic N) is 1. The number of alkyl halides is 1. The van der Waals surface area contributed by atoms with Gasteiger partial charge in [-0.2, -0.15) is 0 Å². The van der Waals surface area contributed by atoms with Crippen LogP contribution in [-0.4, -0.2) is 54.4 Å². The van der Waals surface area contributed by atoms with E-state index < -0.39 is 11.4 Å². The SMILES string of the molecule is CCCNC(=O)C1COCCN1C(=O)C(C)Cl. The van der Waals surface area contributed by atoms with Gasteiger partial charge in [-0.25, -0.2) is 0 Å². The number of carbonyl (C=O) groups excluding carboxylic acids is 2. The number of carbonyl (C=O) groups is 2. The molecule has 0 aromatic heterocycles. The van der Waals surface area contributed by atoms with Crippen molar-refractivity contribution in [2.45, 2.75) is 31.7 Å². The summed E-state index contributed by atoms with van der Waals surface area (Å²) in [5.41, 5.74) is 0. The zero-order valence-electron chi connectivity index (χ0n) is 10.2. The van der Waals surface area contributed by atoms with Crippen molar-refractivity contribution >= 4 is 23.4 Å². The third kappa shape index (κ3) is 3.85. The van der Waals surface area contributed by atoms with Gasteiger partial charge in [0.25, 0.3) is 0 Å². The van der Waals surface area contributed by atoms with E-state index in [0.29, 0.717) is 19.7 Å². The summed E-state index contributed by atoms with van der Waals surface area (Å²) in [5.74, 6) is -0.385. The molecule has 1 fully saturated rings. The third-order valence-electron chi connectivity index (χ3n) is 2.60. The number of amides is 2. The highest BCUT2D eigenvalue weighted by Crippen LogP contribution is 2.11. The molecule has 5 nitrogen and oxygen atoms in total. The van der Waals surface area contributed by atoms with Gasteiger partial charge < -0.3 is 15.0 Å². The van der Waals surface area contributed by atoms with Crippen molar-refractivity contribution in [3.05, 3.63) is 0 Å². The van der Waals surface area contributed by atoms with Gasteiger partial charge in [0.2, 0.25) is 11.8 Å². The Bertz CT molecular complexity index is 284. The van der Waals surface area contributed by atoms with E-state index in [1.165, 1.54) is 4.90 Å². The maximum Gasteiger partial charge on any atom is 0.245 e. The molecular weight excluding hydrogens is 244 g/mol. The van der Waals surface area contributed by atoms with Crippen LogP contribution in [0.3, 0.4) is 0 Å². The lowest BCUT2D eigenvalue weighted by atomic mass is 10.2. The Morgan fingerprint density at radius 2 is 2.29 bits per heavy atom. The summed E-state index contributed by atoms with van der Waals surface area (Å²) in [5, 5.41) is 2.15. The van der Waals surface area contributed by atoms with Crippen LogP contribution in [0, 0.1) is 0 Å². The number of morpholine rings is 1. The highest BCUT2D eigenvalue weighted by atomic mass is 35.5. The van der Waals surface area contributed by atoms with Gasteiger partial charge in [-0.15, -0.1) is 11.6 Å². The Kier molecular flexibility index (Phi) is 5.71. The van der Waals surface area contributed by atoms with Crippen molar-refractivity contribution in [1.82, 2.24) is 10.2 Å². The molecule has 1 saturated heterocycles. The smallest absolute Gasteiger partial charge is 0.245 e. The topological polar surface area (TPSA) is 58.6 Å². The zero-order valence-corrected chi connectivity index (χ0v) is 11.0. The molecule has 1 N–H and O–H groups in total. The monoisotopic (exact) mass is 262 g/mol. The second kappa shape index (κ2) is 6.81. The molecule has 0 spiro atoms. The van der Waals surface area contributed by atoms with Crippen molar-refractivity contribution in [2.24, 2.45) is 0 Å². The highest BCUT2D eigenvalue weighted by Gasteiger charge is 2.33. The summed E-state index contributed by atoms with van der Waals surface area (Å²) in [4.78, 5) is 25.2. The lowest BCUT2D eigenvalue weighted by Gasteiger charge is -2.35. The molecule has 2 unspecified atom stereocenters. The summed E-state index contributed by atoms with van der Waals surface area (Å²) in [6.45, 7) is 5.30. The average molecular weight is 263 g/mol. The standard InChI is InChI=1S/C11H19ClN2O3/c1-3-4-13-10(15)9-7-17-6-5-14(9)11(16)8(2)12/h8-9H,3-7H2,1-2H3,(H,13,15). The van der Waals surface area contributed by atoms with Crippen LogP contribution in [0.25, 0.3) is 0 Å². The molecule has 0 aromatic rings. The molecule has 0 radical (unpaired) electrons. The first-order valence-electron chi connectivity index (χ1n) is 5.88. The van der Waals surface area contributed by atoms with Crippen LogP contribution in [0.15, 0.2) is 0 Å². The molecule has 1 aliphatic rings. The largest absolute Gasteiger partial charge is 0.377 e. The lowest BCUT2D eigenvalue weighted by Crippen LogP contribution is -2.57. The molecule has 17 heavy (non-hydrogen) atoms. The van der Waals surface area contributed by atoms with Gasteiger partial charge in [-0.3, -0.25) is 9.59 Å². The Morgan fingerprint density at radius 1 is 1.59 bits per heavy atom. The number of ether oxygens (including phenoxy) is 1. The number of hydrogen-bond donors (Lipinski definition) is 1. The molecule has 2 atom stereocenters. The third-order valence-corrected chi connectivity index (χ3v) is 2.79. The molecule has 0 aliphatic carbocycles. The first-order chi connectivity index (χ1) is 8.07. The van der Waals surface area contributed by atoms with Crippen molar-refractivity contribution in [3.63, 3.8) is 0 Å². The van der Waals surface area contributed by atoms with Gasteiger partial charge in [0.05, 0.1) is 13.2 Å². The summed E-state index contributed by atoms with van der Waals surface area (Å²) in [6, 6.07) is -0.552. The summed E-state index contributed by atoms with van der Waals surface area (Å²) in [7, 11) is 0. The van der Waals surface area contributed by atoms with E-state index in [1.54, 1.807) is 6.92 Å². The molecule has 1 heterocycles. The van der Waals surface area contributed by atoms with E-state index in [0.717, 1.165) is 6.42 Å². The Labute approximate surface area is 106 Å². The van der Waals surface area contributed by atoms with Gasteiger partial charge >= 0.3 is 0 Å². The molecule has 98 valence electrons. The second-order valence-electron chi connectivity index (χ2n) is 4.03. The summed E-state index contributed by atoms with van der Waals surface area (Å²) < 4.78 is 5.25. The minimum absolute atomic E-state index is 0.169. The molecule has 0 aromatic carbocycles. The maximum absolute atomic E-state index is 11.9. The van der Waals surface area contributed by atoms with E-state index in [9.17, 15) is 9.59 Å². The molecule has 2 amide bonds. The van der Waals surface area contributed by atoms with E-state index in [1.807, 2.05) is 6.92 Å². The average Bonchev–Trinajstić information content (AvgIpc) is 2.34. The number of halogens is 1. The van der Waals surface area contributed by atoms with Crippen molar-refractivity contribution in [1.29, 1.82) is 0 Å². The number of hydrogen-bond acceptors (Lipinski definition) is 3. The fourth-order valence-corrected chi connectivity index (χ4v) is 1.80. The fraction of sp³-hybridized carbons (Fsp3) is 0.818. The molecule has 1 rings (SSSR count). The maximum atomic E-state index is 11.9. The normalized spacial score (nSPS) is 22.1. The van der Waals surface area contributed by atoms with Crippen LogP contribution in [0.2, 0.25) is 0 Å². The number of nitrogens with one attached hydrogen (secondary N) is 1. The molecular formula is C11H19ClN2O3. The first kappa shape index (κ1) is 14.3. The Hall–Kier alpha value is -0.810. The number of rotatable bonds is 4. The minimum Gasteiger partial charge on any atom is -0.377 e. The van der Waals surface area contributed by atoms with E-state index in [4.69, 9.17) is 16.3 Å². The second-order valence-corrected chi connectivity index (χ2v) is 4.68. The van der Waals surface area contributed by atoms with Gasteiger partial charge in [-0.1, -0.05) is 6.92 Å². The highest BCUT2D eigenvalue weighted by molar-refractivity contribution is 6.30. The van der Waals surface area contributed by atoms with E-state index in [-0.39, 0.29) is 18.4 Å². The molecule has 0 bridgehead atoms. The molecule has 6 heteroatoms. The van der Waals surface area contributed by atoms with Gasteiger partial charge in [0.1, 0.15) is 11.4 Å². The van der Waals surface area contributed by atoms with Crippen molar-refractivity contribution < 1.29 is 14.3 Å². The van der Waals surface area contributed by atoms with E-state index >= 15 is 0 Å². The van der Waals surface area contributed by atoms with E-state index in [2.05, 4.69) is 5.32 Å². The molecule has 0 saturated carbocycles. The summed E-state index contributed by atoms with van der Waals surface area (Å²) >= 11 is 5.77. The minimum atomic E-state index is -0.616. The van der Waals surface area contributed by atoms with Gasteiger partial charge in [0.15, 0.2) is 0 Å². The fourth-order valence-electron chi connectivity index (χ4n) is 1.68. The predicted molar refractivity (Wildman–Crippen MR) is 64.9 cm³/mol. The van der Waals surface area contributed by atoms with Crippen LogP contribution >= 0.6 is 11.6 Å². The lowest BCUT2D eigenvalue weighted by molar-refractivity contribution is -0.148. The predicted octanol–water partition coefficient (Wildman–Crippen LogP) is 0.367. The van der Waals surface area contributed by atoms with Crippen LogP contribution in [0.1, 0.15) is 20.3 Å². The van der Waals surface area contributed by atoms with Crippen LogP contribution in [0.5, 0.6) is 0 Å². The van der Waals surface area contributed by atoms with Gasteiger partial charge in [0, 0.05) is 13.1 Å². The van der Waals surface area contributed by atoms with Crippen LogP contribution in [0.4, 0.5) is 0 Å². The van der Waals surface area contributed by atoms with Crippen molar-refractivity contribution in [3.8, 4) is 0 Å². The van der Waals surface area contributed by atoms with Crippen LogP contribution < -0.4 is 5.32 Å². The molecule has 1 aliphatic heterocycles. The first-order valence-corrected chi connectivity index (χ1v) is 6.31. The Balaban J connectivity index is 2.65. The quantitative estimate of drug-likeness (QED) is 0.745. The zero-order chi connectivity index (χ0) is 12.8. The summed E-state index contributed by atoms with van der Waals surface area (Å²) in [6.07, 6.45) is 0.860. The Morgan fingerprint density at radius 3 is 2.88 bits per heavy atom. The van der Waals surface area contributed by atoms with Gasteiger partial charge in [-0.05, 0) is 13.3 Å². The van der Waals surface area contributed by atoms with Crippen molar-refractivity contribution in [2.75, 3.05) is 26.3 Å². The van der Waals surface area contributed by atoms with Crippen LogP contribution in [-0.2, 0) is 14.3 Å².